The number of rotatable bonds is 4. The van der Waals surface area contributed by atoms with Crippen molar-refractivity contribution in [1.82, 2.24) is 4.98 Å². The largest absolute Gasteiger partial charge is 0.497 e. The molecule has 0 atom stereocenters. The van der Waals surface area contributed by atoms with Crippen LogP contribution in [0.25, 0.3) is 10.9 Å². The summed E-state index contributed by atoms with van der Waals surface area (Å²) >= 11 is 0. The minimum Gasteiger partial charge on any atom is -0.497 e. The number of carbonyl (C=O) groups is 1. The van der Waals surface area contributed by atoms with Gasteiger partial charge in [0.15, 0.2) is 0 Å². The van der Waals surface area contributed by atoms with Gasteiger partial charge in [0.25, 0.3) is 5.91 Å². The Hall–Kier alpha value is -3.12. The van der Waals surface area contributed by atoms with Gasteiger partial charge in [0, 0.05) is 18.5 Å². The maximum absolute atomic E-state index is 12.8. The van der Waals surface area contributed by atoms with Gasteiger partial charge in [0.2, 0.25) is 0 Å². The van der Waals surface area contributed by atoms with Crippen molar-refractivity contribution in [2.75, 3.05) is 43.6 Å². The highest BCUT2D eigenvalue weighted by atomic mass is 16.5. The molecule has 0 unspecified atom stereocenters. The molecule has 2 heterocycles. The summed E-state index contributed by atoms with van der Waals surface area (Å²) in [5.41, 5.74) is 2.91. The van der Waals surface area contributed by atoms with E-state index >= 15 is 0 Å². The molecule has 6 nitrogen and oxygen atoms in total. The SMILES string of the molecule is COc1ccc2nc(C(=O)Nc3ccccc3N3CCOCC3)ccc2c1. The Morgan fingerprint density at radius 1 is 1.11 bits per heavy atom. The summed E-state index contributed by atoms with van der Waals surface area (Å²) in [7, 11) is 1.63. The van der Waals surface area contributed by atoms with Crippen molar-refractivity contribution < 1.29 is 14.3 Å². The number of amides is 1. The van der Waals surface area contributed by atoms with Gasteiger partial charge in [0.05, 0.1) is 37.2 Å². The predicted molar refractivity (Wildman–Crippen MR) is 106 cm³/mol. The number of pyridine rings is 1. The van der Waals surface area contributed by atoms with Crippen LogP contribution in [0, 0.1) is 0 Å². The van der Waals surface area contributed by atoms with Gasteiger partial charge in [-0.15, -0.1) is 0 Å². The molecule has 1 aliphatic rings. The fourth-order valence-electron chi connectivity index (χ4n) is 3.20. The molecule has 0 saturated carbocycles. The molecule has 6 heteroatoms. The Balaban J connectivity index is 1.58. The molecule has 0 aliphatic carbocycles. The molecule has 1 aromatic heterocycles. The Bertz CT molecular complexity index is 968. The molecule has 1 aliphatic heterocycles. The Morgan fingerprint density at radius 3 is 2.74 bits per heavy atom. The summed E-state index contributed by atoms with van der Waals surface area (Å²) in [5.74, 6) is 0.536. The van der Waals surface area contributed by atoms with Crippen LogP contribution in [0.1, 0.15) is 10.5 Å². The lowest BCUT2D eigenvalue weighted by atomic mass is 10.2. The van der Waals surface area contributed by atoms with Crippen LogP contribution in [0.2, 0.25) is 0 Å². The number of ether oxygens (including phenoxy) is 2. The lowest BCUT2D eigenvalue weighted by molar-refractivity contribution is 0.102. The fourth-order valence-corrected chi connectivity index (χ4v) is 3.20. The van der Waals surface area contributed by atoms with E-state index in [4.69, 9.17) is 9.47 Å². The molecule has 1 saturated heterocycles. The number of para-hydroxylation sites is 2. The lowest BCUT2D eigenvalue weighted by Gasteiger charge is -2.30. The average Bonchev–Trinajstić information content (AvgIpc) is 2.74. The van der Waals surface area contributed by atoms with Crippen LogP contribution in [-0.4, -0.2) is 44.3 Å². The number of carbonyl (C=O) groups excluding carboxylic acids is 1. The van der Waals surface area contributed by atoms with E-state index in [9.17, 15) is 4.79 Å². The van der Waals surface area contributed by atoms with Crippen molar-refractivity contribution in [2.45, 2.75) is 0 Å². The first-order valence-electron chi connectivity index (χ1n) is 8.92. The second-order valence-electron chi connectivity index (χ2n) is 6.33. The number of benzene rings is 2. The van der Waals surface area contributed by atoms with E-state index in [-0.39, 0.29) is 5.91 Å². The van der Waals surface area contributed by atoms with Gasteiger partial charge in [0.1, 0.15) is 11.4 Å². The number of hydrogen-bond acceptors (Lipinski definition) is 5. The molecule has 1 fully saturated rings. The van der Waals surface area contributed by atoms with Crippen molar-refractivity contribution in [1.29, 1.82) is 0 Å². The zero-order valence-corrected chi connectivity index (χ0v) is 15.1. The monoisotopic (exact) mass is 363 g/mol. The standard InChI is InChI=1S/C21H21N3O3/c1-26-16-7-9-17-15(14-16)6-8-19(22-17)21(25)23-18-4-2-3-5-20(18)24-10-12-27-13-11-24/h2-9,14H,10-13H2,1H3,(H,23,25). The summed E-state index contributed by atoms with van der Waals surface area (Å²) in [6.45, 7) is 3.00. The van der Waals surface area contributed by atoms with E-state index in [1.54, 1.807) is 13.2 Å². The van der Waals surface area contributed by atoms with Gasteiger partial charge in [-0.1, -0.05) is 18.2 Å². The van der Waals surface area contributed by atoms with Crippen LogP contribution in [0.4, 0.5) is 11.4 Å². The molecule has 27 heavy (non-hydrogen) atoms. The minimum absolute atomic E-state index is 0.228. The third kappa shape index (κ3) is 3.71. The molecule has 0 radical (unpaired) electrons. The van der Waals surface area contributed by atoms with Gasteiger partial charge in [-0.25, -0.2) is 4.98 Å². The van der Waals surface area contributed by atoms with Crippen LogP contribution < -0.4 is 15.0 Å². The van der Waals surface area contributed by atoms with E-state index in [0.717, 1.165) is 41.1 Å². The number of fused-ring (bicyclic) bond motifs is 1. The second-order valence-corrected chi connectivity index (χ2v) is 6.33. The quantitative estimate of drug-likeness (QED) is 0.770. The number of hydrogen-bond donors (Lipinski definition) is 1. The third-order valence-electron chi connectivity index (χ3n) is 4.63. The summed E-state index contributed by atoms with van der Waals surface area (Å²) in [6, 6.07) is 17.0. The van der Waals surface area contributed by atoms with Gasteiger partial charge < -0.3 is 19.7 Å². The van der Waals surface area contributed by atoms with Crippen molar-refractivity contribution in [3.63, 3.8) is 0 Å². The van der Waals surface area contributed by atoms with E-state index in [1.165, 1.54) is 0 Å². The van der Waals surface area contributed by atoms with Crippen LogP contribution >= 0.6 is 0 Å². The van der Waals surface area contributed by atoms with Gasteiger partial charge in [-0.3, -0.25) is 4.79 Å². The van der Waals surface area contributed by atoms with E-state index in [1.807, 2.05) is 48.5 Å². The van der Waals surface area contributed by atoms with Crippen LogP contribution in [0.5, 0.6) is 5.75 Å². The smallest absolute Gasteiger partial charge is 0.274 e. The molecular weight excluding hydrogens is 342 g/mol. The predicted octanol–water partition coefficient (Wildman–Crippen LogP) is 3.33. The maximum atomic E-state index is 12.8. The van der Waals surface area contributed by atoms with Gasteiger partial charge >= 0.3 is 0 Å². The molecule has 1 N–H and O–H groups in total. The number of nitrogens with one attached hydrogen (secondary N) is 1. The lowest BCUT2D eigenvalue weighted by Crippen LogP contribution is -2.36. The summed E-state index contributed by atoms with van der Waals surface area (Å²) in [6.07, 6.45) is 0. The summed E-state index contributed by atoms with van der Waals surface area (Å²) < 4.78 is 10.7. The molecular formula is C21H21N3O3. The summed E-state index contributed by atoms with van der Waals surface area (Å²) in [4.78, 5) is 19.5. The first-order chi connectivity index (χ1) is 13.2. The van der Waals surface area contributed by atoms with Crippen molar-refractivity contribution >= 4 is 28.2 Å². The zero-order chi connectivity index (χ0) is 18.6. The minimum atomic E-state index is -0.228. The average molecular weight is 363 g/mol. The number of methoxy groups -OCH3 is 1. The Morgan fingerprint density at radius 2 is 1.93 bits per heavy atom. The highest BCUT2D eigenvalue weighted by Gasteiger charge is 2.17. The highest BCUT2D eigenvalue weighted by molar-refractivity contribution is 6.05. The zero-order valence-electron chi connectivity index (χ0n) is 15.1. The highest BCUT2D eigenvalue weighted by Crippen LogP contribution is 2.27. The number of morpholine rings is 1. The van der Waals surface area contributed by atoms with Crippen molar-refractivity contribution in [2.24, 2.45) is 0 Å². The van der Waals surface area contributed by atoms with Crippen LogP contribution in [-0.2, 0) is 4.74 Å². The molecule has 4 rings (SSSR count). The first-order valence-corrected chi connectivity index (χ1v) is 8.92. The normalized spacial score (nSPS) is 14.2. The molecule has 3 aromatic rings. The van der Waals surface area contributed by atoms with Crippen LogP contribution in [0.3, 0.4) is 0 Å². The van der Waals surface area contributed by atoms with Gasteiger partial charge in [-0.05, 0) is 36.4 Å². The van der Waals surface area contributed by atoms with E-state index in [2.05, 4.69) is 15.2 Å². The maximum Gasteiger partial charge on any atom is 0.274 e. The van der Waals surface area contributed by atoms with Crippen molar-refractivity contribution in [3.8, 4) is 5.75 Å². The Kier molecular flexibility index (Phi) is 4.89. The number of nitrogens with zero attached hydrogens (tertiary/aromatic N) is 2. The second kappa shape index (κ2) is 7.63. The molecule has 2 aromatic carbocycles. The van der Waals surface area contributed by atoms with Gasteiger partial charge in [-0.2, -0.15) is 0 Å². The molecule has 1 amide bonds. The summed E-state index contributed by atoms with van der Waals surface area (Å²) in [5, 5.41) is 3.93. The third-order valence-corrected chi connectivity index (χ3v) is 4.63. The van der Waals surface area contributed by atoms with E-state index < -0.39 is 0 Å². The molecule has 138 valence electrons. The molecule has 0 spiro atoms. The molecule has 0 bridgehead atoms. The van der Waals surface area contributed by atoms with Crippen molar-refractivity contribution in [3.05, 3.63) is 60.3 Å². The van der Waals surface area contributed by atoms with E-state index in [0.29, 0.717) is 18.9 Å². The fraction of sp³-hybridized carbons (Fsp3) is 0.238. The number of anilines is 2. The number of aromatic nitrogens is 1. The first kappa shape index (κ1) is 17.3. The van der Waals surface area contributed by atoms with Crippen LogP contribution in [0.15, 0.2) is 54.6 Å². The Labute approximate surface area is 157 Å². The topological polar surface area (TPSA) is 63.7 Å².